The third-order valence-corrected chi connectivity index (χ3v) is 16.9. The second-order valence-electron chi connectivity index (χ2n) is 21.9. The van der Waals surface area contributed by atoms with Crippen molar-refractivity contribution >= 4 is 45.5 Å². The van der Waals surface area contributed by atoms with Gasteiger partial charge in [0, 0.05) is 29.4 Å². The van der Waals surface area contributed by atoms with Crippen LogP contribution in [0.5, 0.6) is 23.0 Å². The van der Waals surface area contributed by atoms with Gasteiger partial charge in [-0.2, -0.15) is 0 Å². The van der Waals surface area contributed by atoms with E-state index < -0.39 is 105 Å². The Bertz CT molecular complexity index is 2710. The standard InChI is InChI=1S/C55H65BrO16/c1-27(2)13-12-22-52(10)23-21-33-40(70-52)32(19-14-28(3)4)42-37(41(33)68-48(63)30-15-17-31(18-16-30)66-49-39(58)38(57)43-35(67-49)26-65-51(8,9)69-43)46(61)54(56)45(60)34-25-36-50(6,7)72-53(44(34)59,55(36,54)71-42)24-20-29(5)47(62)64-11/h13-18,20-21,23,34-36,38-39,43,45,49,57-58,60H,12,19,22,24-26H2,1-11H3/b29-20-/t34?,35-,36?,38-,39-,43-,45?,49-,52?,53?,54?,55?/m1/s1. The number of ether oxygens (including phenoxy) is 9. The average molecular weight is 1060 g/mol. The first kappa shape index (κ1) is 52.2. The molecule has 2 aromatic rings. The molecule has 4 bridgehead atoms. The molecule has 5 heterocycles. The van der Waals surface area contributed by atoms with Crippen LogP contribution in [-0.4, -0.2) is 122 Å². The van der Waals surface area contributed by atoms with Crippen molar-refractivity contribution in [2.45, 2.75) is 171 Å². The molecule has 0 aromatic heterocycles. The van der Waals surface area contributed by atoms with Crippen molar-refractivity contribution in [1.29, 1.82) is 0 Å². The van der Waals surface area contributed by atoms with Crippen LogP contribution in [0.2, 0.25) is 0 Å². The molecule has 1 spiro atoms. The van der Waals surface area contributed by atoms with Crippen LogP contribution >= 0.6 is 15.9 Å². The first-order valence-corrected chi connectivity index (χ1v) is 25.3. The molecule has 0 radical (unpaired) electrons. The monoisotopic (exact) mass is 1060 g/mol. The number of alkyl halides is 1. The van der Waals surface area contributed by atoms with E-state index in [1.165, 1.54) is 31.4 Å². The van der Waals surface area contributed by atoms with Crippen LogP contribution < -0.4 is 18.9 Å². The molecule has 8 aliphatic rings. The molecule has 7 unspecified atom stereocenters. The van der Waals surface area contributed by atoms with E-state index in [1.54, 1.807) is 32.9 Å². The number of ketones is 2. The van der Waals surface area contributed by atoms with Crippen LogP contribution in [0.25, 0.3) is 6.08 Å². The van der Waals surface area contributed by atoms with Gasteiger partial charge in [-0.05, 0) is 131 Å². The van der Waals surface area contributed by atoms with E-state index in [4.69, 9.17) is 42.6 Å². The van der Waals surface area contributed by atoms with Crippen molar-refractivity contribution in [3.8, 4) is 23.0 Å². The van der Waals surface area contributed by atoms with Gasteiger partial charge in [0.05, 0.1) is 36.5 Å². The summed E-state index contributed by atoms with van der Waals surface area (Å²) in [5.74, 6) is -5.06. The fourth-order valence-electron chi connectivity index (χ4n) is 11.9. The number of rotatable bonds is 12. The van der Waals surface area contributed by atoms with Crippen LogP contribution in [0.4, 0.5) is 0 Å². The second-order valence-corrected chi connectivity index (χ2v) is 23.1. The molecule has 3 saturated heterocycles. The number of fused-ring (bicyclic) bond motifs is 3. The molecule has 388 valence electrons. The highest BCUT2D eigenvalue weighted by atomic mass is 79.9. The third-order valence-electron chi connectivity index (χ3n) is 15.5. The van der Waals surface area contributed by atoms with Crippen molar-refractivity contribution in [2.75, 3.05) is 13.7 Å². The number of carbonyl (C=O) groups is 4. The molecule has 2 aromatic carbocycles. The lowest BCUT2D eigenvalue weighted by Gasteiger charge is -2.65. The normalized spacial score (nSPS) is 35.3. The molecule has 5 aliphatic heterocycles. The molecule has 6 fully saturated rings. The number of Topliss-reactive ketones (excluding diaryl/α,β-unsaturated/α-hetero) is 2. The zero-order valence-electron chi connectivity index (χ0n) is 42.6. The van der Waals surface area contributed by atoms with Gasteiger partial charge < -0.3 is 58.0 Å². The van der Waals surface area contributed by atoms with E-state index in [1.807, 2.05) is 60.6 Å². The number of aliphatic hydroxyl groups excluding tert-OH is 3. The van der Waals surface area contributed by atoms with Crippen LogP contribution in [0.1, 0.15) is 127 Å². The second kappa shape index (κ2) is 18.3. The first-order valence-electron chi connectivity index (χ1n) is 24.5. The van der Waals surface area contributed by atoms with Crippen LogP contribution in [-0.2, 0) is 39.7 Å². The average Bonchev–Trinajstić information content (AvgIpc) is 3.46. The molecular formula is C55H65BrO16. The summed E-state index contributed by atoms with van der Waals surface area (Å²) in [7, 11) is 1.26. The fourth-order valence-corrected chi connectivity index (χ4v) is 13.1. The van der Waals surface area contributed by atoms with E-state index >= 15 is 9.59 Å². The number of hydrogen-bond acceptors (Lipinski definition) is 16. The van der Waals surface area contributed by atoms with Crippen molar-refractivity contribution < 1.29 is 77.1 Å². The summed E-state index contributed by atoms with van der Waals surface area (Å²) in [6.07, 6.45) is 3.33. The van der Waals surface area contributed by atoms with Gasteiger partial charge in [0.1, 0.15) is 52.8 Å². The zero-order valence-corrected chi connectivity index (χ0v) is 44.2. The Kier molecular flexibility index (Phi) is 13.2. The van der Waals surface area contributed by atoms with Crippen LogP contribution in [0, 0.1) is 11.8 Å². The summed E-state index contributed by atoms with van der Waals surface area (Å²) in [6, 6.07) is 5.83. The smallest absolute Gasteiger partial charge is 0.343 e. The van der Waals surface area contributed by atoms with Crippen molar-refractivity contribution in [1.82, 2.24) is 0 Å². The molecule has 72 heavy (non-hydrogen) atoms. The van der Waals surface area contributed by atoms with E-state index in [-0.39, 0.29) is 59.8 Å². The number of allylic oxidation sites excluding steroid dienone is 4. The van der Waals surface area contributed by atoms with Crippen LogP contribution in [0.15, 0.2) is 65.3 Å². The number of halogens is 1. The molecule has 3 saturated carbocycles. The van der Waals surface area contributed by atoms with Crippen molar-refractivity contribution in [2.24, 2.45) is 11.8 Å². The molecular weight excluding hydrogens is 996 g/mol. The summed E-state index contributed by atoms with van der Waals surface area (Å²) < 4.78 is 54.4. The Labute approximate surface area is 427 Å². The SMILES string of the molecule is COC(=O)/C(C)=C\CC12OC(C)(C)C3CC(C1=O)C(O)C1(Br)C(=O)c4c(OC(=O)c5ccc(O[C@@H]6O[C@@H]7COC(C)(C)O[C@H]7[C@H](O)[C@H]6O)cc5)c5c(c(CC=C(C)C)c4OC321)OC(C)(CCC=C(C)C)C=C5. The maximum absolute atomic E-state index is 16.2. The summed E-state index contributed by atoms with van der Waals surface area (Å²) in [5.41, 5.74) is -2.86. The van der Waals surface area contributed by atoms with Gasteiger partial charge >= 0.3 is 11.9 Å². The first-order chi connectivity index (χ1) is 33.7. The maximum atomic E-state index is 16.2. The van der Waals surface area contributed by atoms with Gasteiger partial charge in [-0.15, -0.1) is 0 Å². The number of hydrogen-bond donors (Lipinski definition) is 3. The van der Waals surface area contributed by atoms with E-state index in [2.05, 4.69) is 22.0 Å². The van der Waals surface area contributed by atoms with Gasteiger partial charge in [-0.1, -0.05) is 45.3 Å². The highest BCUT2D eigenvalue weighted by molar-refractivity contribution is 9.10. The molecule has 3 aliphatic carbocycles. The highest BCUT2D eigenvalue weighted by Gasteiger charge is 2.90. The number of methoxy groups -OCH3 is 1. The third kappa shape index (κ3) is 8.12. The Morgan fingerprint density at radius 2 is 1.60 bits per heavy atom. The molecule has 0 amide bonds. The van der Waals surface area contributed by atoms with Gasteiger partial charge in [0.25, 0.3) is 0 Å². The maximum Gasteiger partial charge on any atom is 0.343 e. The Hall–Kier alpha value is -4.72. The number of esters is 2. The molecule has 17 heteroatoms. The minimum Gasteiger partial charge on any atom is -0.482 e. The Morgan fingerprint density at radius 3 is 2.26 bits per heavy atom. The lowest BCUT2D eigenvalue weighted by Crippen LogP contribution is -2.86. The van der Waals surface area contributed by atoms with Crippen molar-refractivity contribution in [3.05, 3.63) is 87.5 Å². The zero-order chi connectivity index (χ0) is 52.2. The summed E-state index contributed by atoms with van der Waals surface area (Å²) in [5, 5.41) is 34.5. The molecule has 16 nitrogen and oxygen atoms in total. The number of carbonyl (C=O) groups excluding carboxylic acids is 4. The largest absolute Gasteiger partial charge is 0.482 e. The van der Waals surface area contributed by atoms with E-state index in [0.29, 0.717) is 29.7 Å². The number of aliphatic hydroxyl groups is 3. The van der Waals surface area contributed by atoms with E-state index in [0.717, 1.165) is 11.1 Å². The topological polar surface area (TPSA) is 212 Å². The summed E-state index contributed by atoms with van der Waals surface area (Å²) in [4.78, 5) is 58.7. The number of benzene rings is 2. The van der Waals surface area contributed by atoms with Gasteiger partial charge in [0.15, 0.2) is 38.6 Å². The summed E-state index contributed by atoms with van der Waals surface area (Å²) >= 11 is 3.82. The predicted molar refractivity (Wildman–Crippen MR) is 264 cm³/mol. The molecule has 12 atom stereocenters. The van der Waals surface area contributed by atoms with Gasteiger partial charge in [0.2, 0.25) is 6.29 Å². The quantitative estimate of drug-likeness (QED) is 0.0622. The minimum absolute atomic E-state index is 0.0114. The van der Waals surface area contributed by atoms with E-state index in [9.17, 15) is 24.9 Å². The Morgan fingerprint density at radius 1 is 0.903 bits per heavy atom. The van der Waals surface area contributed by atoms with Crippen LogP contribution in [0.3, 0.4) is 0 Å². The Balaban J connectivity index is 1.16. The van der Waals surface area contributed by atoms with Gasteiger partial charge in [-0.25, -0.2) is 9.59 Å². The molecule has 3 N–H and O–H groups in total. The highest BCUT2D eigenvalue weighted by Crippen LogP contribution is 2.73. The molecule has 10 rings (SSSR count). The summed E-state index contributed by atoms with van der Waals surface area (Å²) in [6.45, 7) is 18.6. The van der Waals surface area contributed by atoms with Gasteiger partial charge in [-0.3, -0.25) is 9.59 Å². The minimum atomic E-state index is -2.05. The lowest BCUT2D eigenvalue weighted by molar-refractivity contribution is -0.373. The predicted octanol–water partition coefficient (Wildman–Crippen LogP) is 7.39. The fraction of sp³-hybridized carbons (Fsp3) is 0.564. The lowest BCUT2D eigenvalue weighted by atomic mass is 9.45. The van der Waals surface area contributed by atoms with Crippen molar-refractivity contribution in [3.63, 3.8) is 0 Å².